The van der Waals surface area contributed by atoms with Gasteiger partial charge in [-0.2, -0.15) is 14.6 Å². The third-order valence-electron chi connectivity index (χ3n) is 5.28. The van der Waals surface area contributed by atoms with Gasteiger partial charge in [0.15, 0.2) is 0 Å². The number of hydrogen-bond donors (Lipinski definition) is 1. The third-order valence-corrected chi connectivity index (χ3v) is 5.28. The SMILES string of the molecule is CC(C)n1cc(-c2cc(O[C@H](C)C3CNC(=O)C3)c3c(F)n(C)nc3c2)cn1. The van der Waals surface area contributed by atoms with E-state index in [9.17, 15) is 9.18 Å². The van der Waals surface area contributed by atoms with Crippen molar-refractivity contribution in [2.45, 2.75) is 39.3 Å². The number of ether oxygens (including phenoxy) is 1. The van der Waals surface area contributed by atoms with E-state index in [1.165, 1.54) is 4.68 Å². The largest absolute Gasteiger partial charge is 0.489 e. The molecule has 8 heteroatoms. The summed E-state index contributed by atoms with van der Waals surface area (Å²) < 4.78 is 23.9. The summed E-state index contributed by atoms with van der Waals surface area (Å²) in [5.41, 5.74) is 2.30. The molecule has 28 heavy (non-hydrogen) atoms. The smallest absolute Gasteiger partial charge is 0.222 e. The van der Waals surface area contributed by atoms with Gasteiger partial charge in [-0.15, -0.1) is 0 Å². The molecule has 0 bridgehead atoms. The maximum atomic E-state index is 14.7. The molecule has 3 heterocycles. The molecule has 0 radical (unpaired) electrons. The van der Waals surface area contributed by atoms with Crippen LogP contribution in [0, 0.1) is 11.9 Å². The van der Waals surface area contributed by atoms with Crippen LogP contribution in [0.5, 0.6) is 5.75 Å². The van der Waals surface area contributed by atoms with Crippen LogP contribution in [0.4, 0.5) is 4.39 Å². The fourth-order valence-corrected chi connectivity index (χ4v) is 3.54. The van der Waals surface area contributed by atoms with Gasteiger partial charge in [0.1, 0.15) is 11.9 Å². The highest BCUT2D eigenvalue weighted by Crippen LogP contribution is 2.35. The van der Waals surface area contributed by atoms with E-state index in [4.69, 9.17) is 4.74 Å². The van der Waals surface area contributed by atoms with Crippen LogP contribution in [0.3, 0.4) is 0 Å². The third kappa shape index (κ3) is 3.23. The van der Waals surface area contributed by atoms with Crippen molar-refractivity contribution in [2.75, 3.05) is 6.54 Å². The molecule has 2 atom stereocenters. The second kappa shape index (κ2) is 6.92. The molecular formula is C20H24FN5O2. The Morgan fingerprint density at radius 3 is 2.71 bits per heavy atom. The van der Waals surface area contributed by atoms with Crippen molar-refractivity contribution in [2.24, 2.45) is 13.0 Å². The zero-order chi connectivity index (χ0) is 20.0. The molecular weight excluding hydrogens is 361 g/mol. The number of carbonyl (C=O) groups is 1. The predicted molar refractivity (Wildman–Crippen MR) is 103 cm³/mol. The van der Waals surface area contributed by atoms with Crippen molar-refractivity contribution in [1.82, 2.24) is 24.9 Å². The lowest BCUT2D eigenvalue weighted by Crippen LogP contribution is -2.25. The lowest BCUT2D eigenvalue weighted by Gasteiger charge is -2.20. The second-order valence-electron chi connectivity index (χ2n) is 7.68. The number of nitrogens with one attached hydrogen (secondary N) is 1. The molecule has 0 saturated carbocycles. The van der Waals surface area contributed by atoms with E-state index in [-0.39, 0.29) is 24.0 Å². The highest BCUT2D eigenvalue weighted by molar-refractivity contribution is 5.90. The van der Waals surface area contributed by atoms with Crippen LogP contribution in [0.15, 0.2) is 24.5 Å². The van der Waals surface area contributed by atoms with Gasteiger partial charge in [0, 0.05) is 43.7 Å². The van der Waals surface area contributed by atoms with E-state index < -0.39 is 5.95 Å². The monoisotopic (exact) mass is 385 g/mol. The summed E-state index contributed by atoms with van der Waals surface area (Å²) in [5, 5.41) is 11.8. The van der Waals surface area contributed by atoms with Crippen LogP contribution in [-0.4, -0.2) is 38.1 Å². The molecule has 7 nitrogen and oxygen atoms in total. The number of amides is 1. The minimum absolute atomic E-state index is 0.0213. The Morgan fingerprint density at radius 2 is 2.07 bits per heavy atom. The maximum absolute atomic E-state index is 14.7. The van der Waals surface area contributed by atoms with Gasteiger partial charge >= 0.3 is 0 Å². The summed E-state index contributed by atoms with van der Waals surface area (Å²) in [6.45, 7) is 6.59. The van der Waals surface area contributed by atoms with Gasteiger partial charge < -0.3 is 10.1 Å². The zero-order valence-corrected chi connectivity index (χ0v) is 16.4. The second-order valence-corrected chi connectivity index (χ2v) is 7.68. The molecule has 1 fully saturated rings. The van der Waals surface area contributed by atoms with Crippen molar-refractivity contribution in [3.05, 3.63) is 30.5 Å². The van der Waals surface area contributed by atoms with Gasteiger partial charge in [-0.05, 0) is 38.5 Å². The molecule has 1 aliphatic rings. The first-order chi connectivity index (χ1) is 13.3. The van der Waals surface area contributed by atoms with Crippen molar-refractivity contribution < 1.29 is 13.9 Å². The Balaban J connectivity index is 1.75. The van der Waals surface area contributed by atoms with Crippen LogP contribution in [-0.2, 0) is 11.8 Å². The first-order valence-corrected chi connectivity index (χ1v) is 9.47. The topological polar surface area (TPSA) is 74.0 Å². The lowest BCUT2D eigenvalue weighted by atomic mass is 10.0. The average Bonchev–Trinajstić information content (AvgIpc) is 3.35. The maximum Gasteiger partial charge on any atom is 0.222 e. The number of nitrogens with zero attached hydrogens (tertiary/aromatic N) is 4. The summed E-state index contributed by atoms with van der Waals surface area (Å²) in [4.78, 5) is 11.5. The average molecular weight is 385 g/mol. The molecule has 3 aromatic rings. The first kappa shape index (κ1) is 18.5. The first-order valence-electron chi connectivity index (χ1n) is 9.47. The van der Waals surface area contributed by atoms with E-state index >= 15 is 0 Å². The van der Waals surface area contributed by atoms with E-state index in [1.807, 2.05) is 29.9 Å². The lowest BCUT2D eigenvalue weighted by molar-refractivity contribution is -0.119. The van der Waals surface area contributed by atoms with Crippen molar-refractivity contribution in [1.29, 1.82) is 0 Å². The molecule has 1 amide bonds. The Bertz CT molecular complexity index is 1040. The summed E-state index contributed by atoms with van der Waals surface area (Å²) in [7, 11) is 1.57. The molecule has 1 N–H and O–H groups in total. The number of halogens is 1. The molecule has 2 aromatic heterocycles. The summed E-state index contributed by atoms with van der Waals surface area (Å²) in [5.74, 6) is 0.0622. The van der Waals surface area contributed by atoms with Gasteiger partial charge in [0.05, 0.1) is 17.1 Å². The number of aryl methyl sites for hydroxylation is 1. The molecule has 0 aliphatic carbocycles. The normalized spacial score (nSPS) is 18.1. The van der Waals surface area contributed by atoms with Gasteiger partial charge in [0.25, 0.3) is 0 Å². The van der Waals surface area contributed by atoms with Crippen molar-refractivity contribution >= 4 is 16.8 Å². The van der Waals surface area contributed by atoms with Crippen LogP contribution in [0.25, 0.3) is 22.0 Å². The van der Waals surface area contributed by atoms with E-state index in [0.717, 1.165) is 11.1 Å². The number of rotatable bonds is 5. The highest BCUT2D eigenvalue weighted by atomic mass is 19.1. The Morgan fingerprint density at radius 1 is 1.29 bits per heavy atom. The quantitative estimate of drug-likeness (QED) is 0.733. The Kier molecular flexibility index (Phi) is 4.56. The number of carbonyl (C=O) groups excluding carboxylic acids is 1. The number of aromatic nitrogens is 4. The Labute approximate surface area is 162 Å². The van der Waals surface area contributed by atoms with Crippen LogP contribution >= 0.6 is 0 Å². The summed E-state index contributed by atoms with van der Waals surface area (Å²) >= 11 is 0. The number of benzene rings is 1. The molecule has 148 valence electrons. The number of hydrogen-bond acceptors (Lipinski definition) is 4. The molecule has 0 spiro atoms. The van der Waals surface area contributed by atoms with E-state index in [1.54, 1.807) is 13.2 Å². The fourth-order valence-electron chi connectivity index (χ4n) is 3.54. The van der Waals surface area contributed by atoms with Crippen LogP contribution in [0.1, 0.15) is 33.2 Å². The fraction of sp³-hybridized carbons (Fsp3) is 0.450. The van der Waals surface area contributed by atoms with Gasteiger partial charge in [-0.25, -0.2) is 4.68 Å². The molecule has 1 saturated heterocycles. The predicted octanol–water partition coefficient (Wildman–Crippen LogP) is 3.06. The van der Waals surface area contributed by atoms with Gasteiger partial charge in [-0.3, -0.25) is 9.48 Å². The minimum atomic E-state index is -0.442. The summed E-state index contributed by atoms with van der Waals surface area (Å²) in [6, 6.07) is 3.92. The zero-order valence-electron chi connectivity index (χ0n) is 16.4. The van der Waals surface area contributed by atoms with Crippen LogP contribution in [0.2, 0.25) is 0 Å². The molecule has 1 unspecified atom stereocenters. The minimum Gasteiger partial charge on any atom is -0.489 e. The molecule has 4 rings (SSSR count). The summed E-state index contributed by atoms with van der Waals surface area (Å²) in [6.07, 6.45) is 3.92. The van der Waals surface area contributed by atoms with Crippen molar-refractivity contribution in [3.8, 4) is 16.9 Å². The molecule has 1 aliphatic heterocycles. The van der Waals surface area contributed by atoms with Crippen LogP contribution < -0.4 is 10.1 Å². The van der Waals surface area contributed by atoms with Gasteiger partial charge in [-0.1, -0.05) is 0 Å². The molecule has 1 aromatic carbocycles. The van der Waals surface area contributed by atoms with E-state index in [0.29, 0.717) is 29.6 Å². The van der Waals surface area contributed by atoms with E-state index in [2.05, 4.69) is 29.4 Å². The number of fused-ring (bicyclic) bond motifs is 1. The van der Waals surface area contributed by atoms with Gasteiger partial charge in [0.2, 0.25) is 11.9 Å². The standard InChI is InChI=1S/C20H24FN5O2/c1-11(2)26-10-15(9-23-26)13-5-16-19(20(21)25(4)24-16)17(6-13)28-12(3)14-7-18(27)22-8-14/h5-6,9-12,14H,7-8H2,1-4H3,(H,22,27)/t12-,14?/m1/s1. The van der Waals surface area contributed by atoms with Crippen molar-refractivity contribution in [3.63, 3.8) is 0 Å². The Hall–Kier alpha value is -2.90. The highest BCUT2D eigenvalue weighted by Gasteiger charge is 2.29.